The summed E-state index contributed by atoms with van der Waals surface area (Å²) in [6.45, 7) is 3.98. The molecule has 0 bridgehead atoms. The quantitative estimate of drug-likeness (QED) is 0.445. The van der Waals surface area contributed by atoms with Gasteiger partial charge in [-0.15, -0.1) is 0 Å². The number of amides is 1. The highest BCUT2D eigenvalue weighted by Crippen LogP contribution is 2.26. The Morgan fingerprint density at radius 1 is 1.25 bits per heavy atom. The number of nitrogens with one attached hydrogen (secondary N) is 1. The summed E-state index contributed by atoms with van der Waals surface area (Å²) in [7, 11) is 0. The molecule has 0 radical (unpaired) electrons. The van der Waals surface area contributed by atoms with Crippen LogP contribution in [0.1, 0.15) is 21.5 Å². The normalized spacial score (nSPS) is 14.6. The fraction of sp³-hybridized carbons (Fsp3) is 0.316. The van der Waals surface area contributed by atoms with Crippen LogP contribution in [-0.4, -0.2) is 42.0 Å². The average molecular weight is 388 g/mol. The van der Waals surface area contributed by atoms with Gasteiger partial charge in [0.05, 0.1) is 29.8 Å². The number of hydrogen-bond acceptors (Lipinski definition) is 6. The number of carbonyl (C=O) groups is 1. The lowest BCUT2D eigenvalue weighted by Gasteiger charge is -2.27. The Bertz CT molecular complexity index is 884. The van der Waals surface area contributed by atoms with Gasteiger partial charge in [-0.2, -0.15) is 0 Å². The first-order chi connectivity index (χ1) is 13.5. The van der Waals surface area contributed by atoms with Gasteiger partial charge in [0, 0.05) is 26.2 Å². The SMILES string of the molecule is Nc1c(C(=O)NCc2ccccc2CN2CCOCC2)cc(F)cc1[N+](=O)[O-]. The van der Waals surface area contributed by atoms with Crippen LogP contribution in [0, 0.1) is 15.9 Å². The number of nitrogens with two attached hydrogens (primary N) is 1. The molecule has 8 nitrogen and oxygen atoms in total. The molecule has 3 rings (SSSR count). The van der Waals surface area contributed by atoms with Crippen LogP contribution < -0.4 is 11.1 Å². The van der Waals surface area contributed by atoms with E-state index in [0.29, 0.717) is 19.3 Å². The molecule has 0 saturated carbocycles. The standard InChI is InChI=1S/C19H21FN4O4/c20-15-9-16(18(21)17(10-15)24(26)27)19(25)22-11-13-3-1-2-4-14(13)12-23-5-7-28-8-6-23/h1-4,9-10H,5-8,11-12,21H2,(H,22,25). The van der Waals surface area contributed by atoms with Gasteiger partial charge in [-0.1, -0.05) is 24.3 Å². The van der Waals surface area contributed by atoms with Crippen LogP contribution in [0.25, 0.3) is 0 Å². The number of hydrogen-bond donors (Lipinski definition) is 2. The molecule has 0 spiro atoms. The summed E-state index contributed by atoms with van der Waals surface area (Å²) >= 11 is 0. The molecular weight excluding hydrogens is 367 g/mol. The molecule has 1 aliphatic rings. The Kier molecular flexibility index (Phi) is 6.17. The Labute approximate surface area is 161 Å². The third kappa shape index (κ3) is 4.62. The predicted octanol–water partition coefficient (Wildman–Crippen LogP) is 2.08. The first-order valence-corrected chi connectivity index (χ1v) is 8.84. The number of nitrogens with zero attached hydrogens (tertiary/aromatic N) is 2. The van der Waals surface area contributed by atoms with Crippen LogP contribution in [0.15, 0.2) is 36.4 Å². The maximum atomic E-state index is 13.7. The average Bonchev–Trinajstić information content (AvgIpc) is 2.69. The molecule has 2 aromatic rings. The smallest absolute Gasteiger partial charge is 0.295 e. The van der Waals surface area contributed by atoms with Gasteiger partial charge in [0.2, 0.25) is 0 Å². The van der Waals surface area contributed by atoms with E-state index in [1.165, 1.54) is 0 Å². The number of nitrogen functional groups attached to an aromatic ring is 1. The first kappa shape index (κ1) is 19.7. The fourth-order valence-corrected chi connectivity index (χ4v) is 3.10. The summed E-state index contributed by atoms with van der Waals surface area (Å²) in [6, 6.07) is 9.27. The van der Waals surface area contributed by atoms with Gasteiger partial charge in [0.15, 0.2) is 0 Å². The maximum absolute atomic E-state index is 13.7. The molecule has 1 heterocycles. The third-order valence-corrected chi connectivity index (χ3v) is 4.62. The Morgan fingerprint density at radius 2 is 1.93 bits per heavy atom. The van der Waals surface area contributed by atoms with Gasteiger partial charge in [-0.05, 0) is 17.2 Å². The van der Waals surface area contributed by atoms with Crippen molar-refractivity contribution in [2.45, 2.75) is 13.1 Å². The molecule has 1 amide bonds. The minimum Gasteiger partial charge on any atom is -0.393 e. The molecule has 0 atom stereocenters. The molecule has 1 fully saturated rings. The number of benzene rings is 2. The van der Waals surface area contributed by atoms with Gasteiger partial charge in [0.25, 0.3) is 11.6 Å². The summed E-state index contributed by atoms with van der Waals surface area (Å²) in [4.78, 5) is 24.9. The summed E-state index contributed by atoms with van der Waals surface area (Å²) in [6.07, 6.45) is 0. The monoisotopic (exact) mass is 388 g/mol. The molecule has 9 heteroatoms. The lowest BCUT2D eigenvalue weighted by Crippen LogP contribution is -2.36. The molecule has 0 unspecified atom stereocenters. The molecule has 1 aliphatic heterocycles. The van der Waals surface area contributed by atoms with Crippen LogP contribution in [-0.2, 0) is 17.8 Å². The number of carbonyl (C=O) groups excluding carboxylic acids is 1. The largest absolute Gasteiger partial charge is 0.393 e. The van der Waals surface area contributed by atoms with Crippen LogP contribution >= 0.6 is 0 Å². The van der Waals surface area contributed by atoms with E-state index in [1.807, 2.05) is 24.3 Å². The van der Waals surface area contributed by atoms with Crippen molar-refractivity contribution in [3.05, 3.63) is 69.0 Å². The van der Waals surface area contributed by atoms with E-state index in [1.54, 1.807) is 0 Å². The van der Waals surface area contributed by atoms with Crippen molar-refractivity contribution in [1.29, 1.82) is 0 Å². The number of nitro benzene ring substituents is 1. The van der Waals surface area contributed by atoms with Gasteiger partial charge >= 0.3 is 0 Å². The predicted molar refractivity (Wildman–Crippen MR) is 101 cm³/mol. The van der Waals surface area contributed by atoms with Gasteiger partial charge in [0.1, 0.15) is 11.5 Å². The molecular formula is C19H21FN4O4. The van der Waals surface area contributed by atoms with Crippen LogP contribution in [0.4, 0.5) is 15.8 Å². The number of halogens is 1. The molecule has 2 aromatic carbocycles. The van der Waals surface area contributed by atoms with Gasteiger partial charge in [-0.3, -0.25) is 19.8 Å². The second kappa shape index (κ2) is 8.77. The third-order valence-electron chi connectivity index (χ3n) is 4.62. The molecule has 28 heavy (non-hydrogen) atoms. The number of anilines is 1. The Morgan fingerprint density at radius 3 is 2.61 bits per heavy atom. The maximum Gasteiger partial charge on any atom is 0.295 e. The highest BCUT2D eigenvalue weighted by Gasteiger charge is 2.22. The van der Waals surface area contributed by atoms with E-state index in [-0.39, 0.29) is 17.8 Å². The van der Waals surface area contributed by atoms with Crippen molar-refractivity contribution in [3.8, 4) is 0 Å². The highest BCUT2D eigenvalue weighted by molar-refractivity contribution is 6.01. The van der Waals surface area contributed by atoms with Crippen LogP contribution in [0.3, 0.4) is 0 Å². The highest BCUT2D eigenvalue weighted by atomic mass is 19.1. The van der Waals surface area contributed by atoms with E-state index >= 15 is 0 Å². The van der Waals surface area contributed by atoms with Crippen molar-refractivity contribution >= 4 is 17.3 Å². The molecule has 0 aliphatic carbocycles. The van der Waals surface area contributed by atoms with Crippen molar-refractivity contribution in [3.63, 3.8) is 0 Å². The summed E-state index contributed by atoms with van der Waals surface area (Å²) in [5, 5.41) is 13.7. The summed E-state index contributed by atoms with van der Waals surface area (Å²) < 4.78 is 19.0. The topological polar surface area (TPSA) is 111 Å². The van der Waals surface area contributed by atoms with Crippen molar-refractivity contribution in [2.24, 2.45) is 0 Å². The van der Waals surface area contributed by atoms with E-state index in [0.717, 1.165) is 36.8 Å². The Balaban J connectivity index is 1.72. The Hall–Kier alpha value is -3.04. The number of nitro groups is 1. The number of morpholine rings is 1. The van der Waals surface area contributed by atoms with Crippen LogP contribution in [0.5, 0.6) is 0 Å². The van der Waals surface area contributed by atoms with E-state index < -0.39 is 22.3 Å². The number of rotatable bonds is 6. The van der Waals surface area contributed by atoms with E-state index in [4.69, 9.17) is 10.5 Å². The second-order valence-corrected chi connectivity index (χ2v) is 6.48. The minimum absolute atomic E-state index is 0.198. The van der Waals surface area contributed by atoms with Crippen molar-refractivity contribution < 1.29 is 18.8 Å². The second-order valence-electron chi connectivity index (χ2n) is 6.48. The van der Waals surface area contributed by atoms with Gasteiger partial charge < -0.3 is 15.8 Å². The van der Waals surface area contributed by atoms with E-state index in [9.17, 15) is 19.3 Å². The lowest BCUT2D eigenvalue weighted by atomic mass is 10.1. The molecule has 148 valence electrons. The van der Waals surface area contributed by atoms with Crippen LogP contribution in [0.2, 0.25) is 0 Å². The molecule has 3 N–H and O–H groups in total. The minimum atomic E-state index is -0.890. The summed E-state index contributed by atoms with van der Waals surface area (Å²) in [5.41, 5.74) is 6.42. The molecule has 0 aromatic heterocycles. The first-order valence-electron chi connectivity index (χ1n) is 8.84. The zero-order chi connectivity index (χ0) is 20.1. The van der Waals surface area contributed by atoms with Crippen molar-refractivity contribution in [2.75, 3.05) is 32.0 Å². The zero-order valence-corrected chi connectivity index (χ0v) is 15.2. The van der Waals surface area contributed by atoms with E-state index in [2.05, 4.69) is 10.2 Å². The lowest BCUT2D eigenvalue weighted by molar-refractivity contribution is -0.384. The molecule has 1 saturated heterocycles. The van der Waals surface area contributed by atoms with Gasteiger partial charge in [-0.25, -0.2) is 4.39 Å². The number of ether oxygens (including phenoxy) is 1. The zero-order valence-electron chi connectivity index (χ0n) is 15.2. The summed E-state index contributed by atoms with van der Waals surface area (Å²) in [5.74, 6) is -1.56. The van der Waals surface area contributed by atoms with Crippen molar-refractivity contribution in [1.82, 2.24) is 10.2 Å². The fourth-order valence-electron chi connectivity index (χ4n) is 3.10.